The predicted octanol–water partition coefficient (Wildman–Crippen LogP) is 3.69. The molecule has 1 atom stereocenters. The average Bonchev–Trinajstić information content (AvgIpc) is 1.62. The summed E-state index contributed by atoms with van der Waals surface area (Å²) >= 11 is 10.2. The first-order valence-electron chi connectivity index (χ1n) is 2.34. The van der Waals surface area contributed by atoms with Crippen molar-refractivity contribution in [3.05, 3.63) is 6.92 Å². The summed E-state index contributed by atoms with van der Waals surface area (Å²) in [5.41, 5.74) is 0. The summed E-state index contributed by atoms with van der Waals surface area (Å²) in [4.78, 5) is 0. The summed E-state index contributed by atoms with van der Waals surface area (Å²) in [6.45, 7) is 5.86. The van der Waals surface area contributed by atoms with E-state index < -0.39 is 0 Å². The van der Waals surface area contributed by atoms with E-state index in [1.54, 1.807) is 0 Å². The minimum absolute atomic E-state index is 0.116. The fourth-order valence-electron chi connectivity index (χ4n) is 0.164. The van der Waals surface area contributed by atoms with Crippen LogP contribution in [0.5, 0.6) is 0 Å². The van der Waals surface area contributed by atoms with Crippen molar-refractivity contribution in [2.75, 3.05) is 0 Å². The summed E-state index contributed by atoms with van der Waals surface area (Å²) in [7, 11) is 0. The molecule has 0 amide bonds. The lowest BCUT2D eigenvalue weighted by molar-refractivity contribution is 0.642. The lowest BCUT2D eigenvalue weighted by atomic mass is 10.2. The van der Waals surface area contributed by atoms with E-state index in [1.165, 1.54) is 0 Å². The zero-order chi connectivity index (χ0) is 6.78. The van der Waals surface area contributed by atoms with Crippen molar-refractivity contribution >= 4 is 47.8 Å². The molecular formula is C5H8Br3. The van der Waals surface area contributed by atoms with Gasteiger partial charge in [-0.25, -0.2) is 0 Å². The van der Waals surface area contributed by atoms with Crippen LogP contribution in [0.2, 0.25) is 0 Å². The third kappa shape index (κ3) is 3.46. The topological polar surface area (TPSA) is 0 Å². The second-order valence-electron chi connectivity index (χ2n) is 1.73. The van der Waals surface area contributed by atoms with Gasteiger partial charge in [0.05, 0.1) is 0 Å². The molecule has 0 aromatic heterocycles. The first kappa shape index (κ1) is 9.44. The fraction of sp³-hybridized carbons (Fsp3) is 0.800. The van der Waals surface area contributed by atoms with Crippen LogP contribution in [0.15, 0.2) is 0 Å². The van der Waals surface area contributed by atoms with Crippen LogP contribution in [0.3, 0.4) is 0 Å². The summed E-state index contributed by atoms with van der Waals surface area (Å²) in [5, 5.41) is 0. The molecule has 0 spiro atoms. The zero-order valence-electron chi connectivity index (χ0n) is 4.63. The second-order valence-corrected chi connectivity index (χ2v) is 8.68. The van der Waals surface area contributed by atoms with Gasteiger partial charge in [0, 0.05) is 0 Å². The standard InChI is InChI=1S/C5H8Br3/c1-3-4(2)5(6,7)8/h4H,1,3H2,2H3. The summed E-state index contributed by atoms with van der Waals surface area (Å²) in [5.74, 6) is 0.488. The zero-order valence-corrected chi connectivity index (χ0v) is 9.38. The molecule has 0 saturated carbocycles. The highest BCUT2D eigenvalue weighted by Crippen LogP contribution is 2.42. The number of rotatable bonds is 1. The van der Waals surface area contributed by atoms with E-state index in [2.05, 4.69) is 61.6 Å². The maximum Gasteiger partial charge on any atom is 0.137 e. The molecular weight excluding hydrogens is 300 g/mol. The Kier molecular flexibility index (Phi) is 4.21. The maximum absolute atomic E-state index is 3.76. The van der Waals surface area contributed by atoms with E-state index in [4.69, 9.17) is 0 Å². The van der Waals surface area contributed by atoms with Crippen LogP contribution in [-0.4, -0.2) is 2.14 Å². The predicted molar refractivity (Wildman–Crippen MR) is 48.7 cm³/mol. The van der Waals surface area contributed by atoms with E-state index >= 15 is 0 Å². The maximum atomic E-state index is 3.76. The van der Waals surface area contributed by atoms with Gasteiger partial charge in [-0.05, 0) is 12.3 Å². The minimum Gasteiger partial charge on any atom is -0.0596 e. The third-order valence-electron chi connectivity index (χ3n) is 0.992. The minimum atomic E-state index is -0.116. The van der Waals surface area contributed by atoms with E-state index in [-0.39, 0.29) is 2.14 Å². The molecule has 0 aliphatic carbocycles. The summed E-state index contributed by atoms with van der Waals surface area (Å²) < 4.78 is -0.116. The first-order valence-corrected chi connectivity index (χ1v) is 4.72. The Labute approximate surface area is 75.8 Å². The van der Waals surface area contributed by atoms with Gasteiger partial charge in [0.15, 0.2) is 0 Å². The van der Waals surface area contributed by atoms with Crippen LogP contribution in [0.25, 0.3) is 0 Å². The third-order valence-corrected chi connectivity index (χ3v) is 3.34. The number of hydrogen-bond acceptors (Lipinski definition) is 0. The Morgan fingerprint density at radius 2 is 1.88 bits per heavy atom. The molecule has 0 heterocycles. The van der Waals surface area contributed by atoms with Gasteiger partial charge in [-0.1, -0.05) is 61.6 Å². The van der Waals surface area contributed by atoms with Crippen LogP contribution >= 0.6 is 47.8 Å². The van der Waals surface area contributed by atoms with E-state index in [9.17, 15) is 0 Å². The molecule has 0 fully saturated rings. The van der Waals surface area contributed by atoms with Gasteiger partial charge >= 0.3 is 0 Å². The Bertz CT molecular complexity index is 64.6. The molecule has 0 aromatic carbocycles. The van der Waals surface area contributed by atoms with Crippen molar-refractivity contribution in [3.8, 4) is 0 Å². The molecule has 0 aliphatic heterocycles. The van der Waals surface area contributed by atoms with Crippen molar-refractivity contribution in [1.82, 2.24) is 0 Å². The molecule has 8 heavy (non-hydrogen) atoms. The normalized spacial score (nSPS) is 16.1. The van der Waals surface area contributed by atoms with Gasteiger partial charge in [-0.2, -0.15) is 0 Å². The molecule has 49 valence electrons. The second kappa shape index (κ2) is 3.57. The average molecular weight is 308 g/mol. The van der Waals surface area contributed by atoms with Crippen molar-refractivity contribution < 1.29 is 0 Å². The van der Waals surface area contributed by atoms with E-state index in [0.29, 0.717) is 5.92 Å². The van der Waals surface area contributed by atoms with Crippen LogP contribution in [0.1, 0.15) is 13.3 Å². The molecule has 0 aliphatic rings. The van der Waals surface area contributed by atoms with Crippen molar-refractivity contribution in [1.29, 1.82) is 0 Å². The Morgan fingerprint density at radius 1 is 1.50 bits per heavy atom. The number of hydrogen-bond donors (Lipinski definition) is 0. The molecule has 1 unspecified atom stereocenters. The quantitative estimate of drug-likeness (QED) is 0.648. The molecule has 3 heteroatoms. The lowest BCUT2D eigenvalue weighted by Crippen LogP contribution is -2.11. The van der Waals surface area contributed by atoms with Gasteiger partial charge in [0.1, 0.15) is 2.14 Å². The van der Waals surface area contributed by atoms with Gasteiger partial charge in [0.2, 0.25) is 0 Å². The molecule has 0 nitrogen and oxygen atoms in total. The molecule has 0 saturated heterocycles. The molecule has 0 rings (SSSR count). The van der Waals surface area contributed by atoms with Crippen molar-refractivity contribution in [2.45, 2.75) is 15.5 Å². The Hall–Kier alpha value is 1.44. The molecule has 1 radical (unpaired) electrons. The first-order chi connectivity index (χ1) is 3.48. The van der Waals surface area contributed by atoms with Crippen LogP contribution < -0.4 is 0 Å². The highest BCUT2D eigenvalue weighted by molar-refractivity contribution is 9.39. The number of halogens is 3. The highest BCUT2D eigenvalue weighted by atomic mass is 80.0. The van der Waals surface area contributed by atoms with Gasteiger partial charge in [0.25, 0.3) is 0 Å². The van der Waals surface area contributed by atoms with Gasteiger partial charge in [-0.3, -0.25) is 0 Å². The van der Waals surface area contributed by atoms with E-state index in [1.807, 2.05) is 0 Å². The lowest BCUT2D eigenvalue weighted by Gasteiger charge is -2.18. The largest absolute Gasteiger partial charge is 0.137 e. The SMILES string of the molecule is [CH2]CC(C)C(Br)(Br)Br. The van der Waals surface area contributed by atoms with Crippen molar-refractivity contribution in [3.63, 3.8) is 0 Å². The number of alkyl halides is 3. The Balaban J connectivity index is 3.62. The Morgan fingerprint density at radius 3 is 1.88 bits per heavy atom. The summed E-state index contributed by atoms with van der Waals surface area (Å²) in [6, 6.07) is 0. The molecule has 0 aromatic rings. The van der Waals surface area contributed by atoms with Crippen molar-refractivity contribution in [2.24, 2.45) is 5.92 Å². The van der Waals surface area contributed by atoms with Crippen LogP contribution in [0.4, 0.5) is 0 Å². The van der Waals surface area contributed by atoms with Gasteiger partial charge < -0.3 is 0 Å². The molecule has 0 N–H and O–H groups in total. The van der Waals surface area contributed by atoms with Crippen LogP contribution in [-0.2, 0) is 0 Å². The van der Waals surface area contributed by atoms with Gasteiger partial charge in [-0.15, -0.1) is 0 Å². The highest BCUT2D eigenvalue weighted by Gasteiger charge is 2.24. The summed E-state index contributed by atoms with van der Waals surface area (Å²) in [6.07, 6.45) is 0.905. The fourth-order valence-corrected chi connectivity index (χ4v) is 0.850. The van der Waals surface area contributed by atoms with E-state index in [0.717, 1.165) is 6.42 Å². The van der Waals surface area contributed by atoms with Crippen LogP contribution in [0, 0.1) is 12.8 Å². The monoisotopic (exact) mass is 305 g/mol. The molecule has 0 bridgehead atoms. The smallest absolute Gasteiger partial charge is 0.0596 e.